The largest absolute Gasteiger partial charge is 0.409 e. The summed E-state index contributed by atoms with van der Waals surface area (Å²) < 4.78 is 0. The van der Waals surface area contributed by atoms with E-state index in [-0.39, 0.29) is 5.84 Å². The summed E-state index contributed by atoms with van der Waals surface area (Å²) in [6.07, 6.45) is 0. The van der Waals surface area contributed by atoms with Crippen LogP contribution in [-0.4, -0.2) is 11.0 Å². The van der Waals surface area contributed by atoms with Gasteiger partial charge in [-0.15, -0.1) is 0 Å². The van der Waals surface area contributed by atoms with Crippen molar-refractivity contribution in [2.45, 2.75) is 13.5 Å². The van der Waals surface area contributed by atoms with E-state index < -0.39 is 0 Å². The zero-order valence-electron chi connectivity index (χ0n) is 11.1. The number of hydrogen-bond acceptors (Lipinski definition) is 3. The predicted molar refractivity (Wildman–Crippen MR) is 82.5 cm³/mol. The van der Waals surface area contributed by atoms with Crippen molar-refractivity contribution in [2.75, 3.05) is 5.32 Å². The van der Waals surface area contributed by atoms with Gasteiger partial charge in [0.1, 0.15) is 0 Å². The van der Waals surface area contributed by atoms with Crippen LogP contribution in [0.2, 0.25) is 5.02 Å². The lowest BCUT2D eigenvalue weighted by molar-refractivity contribution is 0.318. The topological polar surface area (TPSA) is 70.6 Å². The molecule has 0 unspecified atom stereocenters. The third-order valence-electron chi connectivity index (χ3n) is 3.04. The van der Waals surface area contributed by atoms with Gasteiger partial charge in [0.05, 0.1) is 0 Å². The molecule has 0 spiro atoms. The van der Waals surface area contributed by atoms with Crippen molar-refractivity contribution in [3.8, 4) is 0 Å². The Morgan fingerprint density at radius 2 is 1.95 bits per heavy atom. The Labute approximate surface area is 122 Å². The highest BCUT2D eigenvalue weighted by molar-refractivity contribution is 6.30. The number of hydrogen-bond donors (Lipinski definition) is 3. The van der Waals surface area contributed by atoms with E-state index in [9.17, 15) is 0 Å². The summed E-state index contributed by atoms with van der Waals surface area (Å²) in [6.45, 7) is 2.71. The van der Waals surface area contributed by atoms with Gasteiger partial charge in [-0.05, 0) is 30.2 Å². The highest BCUT2D eigenvalue weighted by Crippen LogP contribution is 2.20. The number of benzene rings is 2. The molecule has 0 aliphatic rings. The Bertz CT molecular complexity index is 624. The van der Waals surface area contributed by atoms with Crippen molar-refractivity contribution < 1.29 is 5.21 Å². The fourth-order valence-electron chi connectivity index (χ4n) is 1.83. The molecule has 0 atom stereocenters. The first-order valence-electron chi connectivity index (χ1n) is 6.17. The van der Waals surface area contributed by atoms with Gasteiger partial charge in [0, 0.05) is 22.8 Å². The van der Waals surface area contributed by atoms with Crippen LogP contribution in [0.15, 0.2) is 47.6 Å². The van der Waals surface area contributed by atoms with E-state index in [4.69, 9.17) is 22.5 Å². The number of amidine groups is 1. The SMILES string of the molecule is Cc1ccc(Cl)cc1NCc1ccc(C(N)=NO)cc1. The first kappa shape index (κ1) is 14.2. The van der Waals surface area contributed by atoms with Crippen LogP contribution in [0.5, 0.6) is 0 Å². The minimum absolute atomic E-state index is 0.107. The molecule has 20 heavy (non-hydrogen) atoms. The van der Waals surface area contributed by atoms with Gasteiger partial charge < -0.3 is 16.3 Å². The van der Waals surface area contributed by atoms with Crippen LogP contribution < -0.4 is 11.1 Å². The summed E-state index contributed by atoms with van der Waals surface area (Å²) in [4.78, 5) is 0. The maximum atomic E-state index is 8.60. The normalized spacial score (nSPS) is 11.4. The molecule has 0 heterocycles. The highest BCUT2D eigenvalue weighted by Gasteiger charge is 2.01. The maximum absolute atomic E-state index is 8.60. The number of oxime groups is 1. The summed E-state index contributed by atoms with van der Waals surface area (Å²) in [5.74, 6) is 0.107. The maximum Gasteiger partial charge on any atom is 0.170 e. The van der Waals surface area contributed by atoms with Gasteiger partial charge in [-0.2, -0.15) is 0 Å². The molecule has 0 saturated carbocycles. The number of rotatable bonds is 4. The molecule has 5 heteroatoms. The van der Waals surface area contributed by atoms with Crippen LogP contribution in [0.1, 0.15) is 16.7 Å². The lowest BCUT2D eigenvalue weighted by Gasteiger charge is -2.10. The Morgan fingerprint density at radius 3 is 2.60 bits per heavy atom. The molecule has 0 saturated heterocycles. The molecule has 0 bridgehead atoms. The molecule has 104 valence electrons. The molecule has 0 aliphatic heterocycles. The van der Waals surface area contributed by atoms with Gasteiger partial charge in [0.2, 0.25) is 0 Å². The minimum Gasteiger partial charge on any atom is -0.409 e. The fourth-order valence-corrected chi connectivity index (χ4v) is 2.01. The predicted octanol–water partition coefficient (Wildman–Crippen LogP) is 3.36. The first-order valence-corrected chi connectivity index (χ1v) is 6.55. The number of halogens is 1. The van der Waals surface area contributed by atoms with Gasteiger partial charge >= 0.3 is 0 Å². The molecular weight excluding hydrogens is 274 g/mol. The summed E-state index contributed by atoms with van der Waals surface area (Å²) in [5, 5.41) is 15.6. The summed E-state index contributed by atoms with van der Waals surface area (Å²) >= 11 is 5.98. The first-order chi connectivity index (χ1) is 9.60. The standard InChI is InChI=1S/C15H16ClN3O/c1-10-2-7-13(16)8-14(10)18-9-11-3-5-12(6-4-11)15(17)19-20/h2-8,18,20H,9H2,1H3,(H2,17,19). The van der Waals surface area contributed by atoms with Gasteiger partial charge in [0.15, 0.2) is 5.84 Å². The molecule has 0 aromatic heterocycles. The van der Waals surface area contributed by atoms with E-state index in [2.05, 4.69) is 10.5 Å². The number of nitrogens with one attached hydrogen (secondary N) is 1. The Kier molecular flexibility index (Phi) is 4.48. The van der Waals surface area contributed by atoms with Crippen molar-refractivity contribution in [2.24, 2.45) is 10.9 Å². The van der Waals surface area contributed by atoms with E-state index in [0.29, 0.717) is 17.1 Å². The van der Waals surface area contributed by atoms with Crippen molar-refractivity contribution in [1.29, 1.82) is 0 Å². The number of nitrogens with zero attached hydrogens (tertiary/aromatic N) is 1. The third-order valence-corrected chi connectivity index (χ3v) is 3.28. The van der Waals surface area contributed by atoms with E-state index in [1.807, 2.05) is 49.4 Å². The smallest absolute Gasteiger partial charge is 0.170 e. The summed E-state index contributed by atoms with van der Waals surface area (Å²) in [5.41, 5.74) is 9.46. The van der Waals surface area contributed by atoms with Crippen LogP contribution in [0, 0.1) is 6.92 Å². The number of anilines is 1. The minimum atomic E-state index is 0.107. The van der Waals surface area contributed by atoms with Crippen LogP contribution in [0.3, 0.4) is 0 Å². The second-order valence-electron chi connectivity index (χ2n) is 4.49. The van der Waals surface area contributed by atoms with Crippen LogP contribution >= 0.6 is 11.6 Å². The highest BCUT2D eigenvalue weighted by atomic mass is 35.5. The summed E-state index contributed by atoms with van der Waals surface area (Å²) in [6, 6.07) is 13.2. The van der Waals surface area contributed by atoms with Crippen molar-refractivity contribution in [3.63, 3.8) is 0 Å². The Balaban J connectivity index is 2.06. The average Bonchev–Trinajstić information content (AvgIpc) is 2.48. The molecule has 0 fully saturated rings. The number of nitrogens with two attached hydrogens (primary N) is 1. The quantitative estimate of drug-likeness (QED) is 0.350. The van der Waals surface area contributed by atoms with E-state index >= 15 is 0 Å². The molecule has 4 nitrogen and oxygen atoms in total. The molecule has 0 amide bonds. The van der Waals surface area contributed by atoms with Gasteiger partial charge in [0.25, 0.3) is 0 Å². The molecular formula is C15H16ClN3O. The lowest BCUT2D eigenvalue weighted by atomic mass is 10.1. The molecule has 4 N–H and O–H groups in total. The molecule has 0 radical (unpaired) electrons. The Hall–Kier alpha value is -2.20. The van der Waals surface area contributed by atoms with Crippen molar-refractivity contribution in [1.82, 2.24) is 0 Å². The zero-order chi connectivity index (χ0) is 14.5. The van der Waals surface area contributed by atoms with Crippen LogP contribution in [0.25, 0.3) is 0 Å². The fraction of sp³-hybridized carbons (Fsp3) is 0.133. The van der Waals surface area contributed by atoms with E-state index in [1.54, 1.807) is 0 Å². The van der Waals surface area contributed by atoms with Gasteiger partial charge in [-0.3, -0.25) is 0 Å². The monoisotopic (exact) mass is 289 g/mol. The van der Waals surface area contributed by atoms with E-state index in [0.717, 1.165) is 16.8 Å². The van der Waals surface area contributed by atoms with Crippen LogP contribution in [-0.2, 0) is 6.54 Å². The second kappa shape index (κ2) is 6.30. The lowest BCUT2D eigenvalue weighted by Crippen LogP contribution is -2.13. The molecule has 2 rings (SSSR count). The third kappa shape index (κ3) is 3.42. The molecule has 2 aromatic carbocycles. The van der Waals surface area contributed by atoms with Gasteiger partial charge in [-0.1, -0.05) is 47.1 Å². The molecule has 2 aromatic rings. The zero-order valence-corrected chi connectivity index (χ0v) is 11.9. The van der Waals surface area contributed by atoms with Crippen molar-refractivity contribution in [3.05, 3.63) is 64.2 Å². The van der Waals surface area contributed by atoms with Crippen LogP contribution in [0.4, 0.5) is 5.69 Å². The average molecular weight is 290 g/mol. The van der Waals surface area contributed by atoms with Gasteiger partial charge in [-0.25, -0.2) is 0 Å². The van der Waals surface area contributed by atoms with Crippen molar-refractivity contribution >= 4 is 23.1 Å². The summed E-state index contributed by atoms with van der Waals surface area (Å²) in [7, 11) is 0. The molecule has 0 aliphatic carbocycles. The second-order valence-corrected chi connectivity index (χ2v) is 4.93. The Morgan fingerprint density at radius 1 is 1.25 bits per heavy atom. The number of aryl methyl sites for hydroxylation is 1. The van der Waals surface area contributed by atoms with E-state index in [1.165, 1.54) is 0 Å².